The molecule has 0 saturated carbocycles. The normalized spacial score (nSPS) is 11.6. The predicted molar refractivity (Wildman–Crippen MR) is 76.6 cm³/mol. The molecule has 0 saturated heterocycles. The van der Waals surface area contributed by atoms with Gasteiger partial charge < -0.3 is 5.32 Å². The van der Waals surface area contributed by atoms with Gasteiger partial charge in [-0.2, -0.15) is 0 Å². The van der Waals surface area contributed by atoms with E-state index in [9.17, 15) is 10.1 Å². The number of halogens is 1. The van der Waals surface area contributed by atoms with Crippen LogP contribution in [0.25, 0.3) is 0 Å². The van der Waals surface area contributed by atoms with E-state index in [1.165, 1.54) is 6.07 Å². The molecule has 0 atom stereocenters. The lowest BCUT2D eigenvalue weighted by atomic mass is 9.92. The Hall–Kier alpha value is -0.940. The Morgan fingerprint density at radius 3 is 2.56 bits per heavy atom. The Kier molecular flexibility index (Phi) is 5.28. The SMILES string of the molecule is CC(C)(C)CCNCc1cc(Br)cc([N+](=O)[O-])c1. The van der Waals surface area contributed by atoms with Gasteiger partial charge in [0.15, 0.2) is 0 Å². The van der Waals surface area contributed by atoms with Crippen LogP contribution in [0.4, 0.5) is 5.69 Å². The van der Waals surface area contributed by atoms with E-state index in [4.69, 9.17) is 0 Å². The highest BCUT2D eigenvalue weighted by Crippen LogP contribution is 2.21. The Morgan fingerprint density at radius 2 is 2.00 bits per heavy atom. The minimum atomic E-state index is -0.372. The molecule has 100 valence electrons. The molecule has 1 aromatic carbocycles. The van der Waals surface area contributed by atoms with Gasteiger partial charge in [0, 0.05) is 23.2 Å². The molecule has 18 heavy (non-hydrogen) atoms. The van der Waals surface area contributed by atoms with Crippen molar-refractivity contribution in [1.29, 1.82) is 0 Å². The number of hydrogen-bond donors (Lipinski definition) is 1. The average molecular weight is 315 g/mol. The van der Waals surface area contributed by atoms with Crippen molar-refractivity contribution in [3.05, 3.63) is 38.3 Å². The lowest BCUT2D eigenvalue weighted by molar-refractivity contribution is -0.385. The molecule has 0 aliphatic rings. The summed E-state index contributed by atoms with van der Waals surface area (Å²) in [7, 11) is 0. The molecule has 5 heteroatoms. The number of nitrogens with zero attached hydrogens (tertiary/aromatic N) is 1. The highest BCUT2D eigenvalue weighted by Gasteiger charge is 2.10. The first-order chi connectivity index (χ1) is 8.28. The van der Waals surface area contributed by atoms with Gasteiger partial charge in [-0.25, -0.2) is 0 Å². The first-order valence-corrected chi connectivity index (χ1v) is 6.72. The van der Waals surface area contributed by atoms with Crippen LogP contribution < -0.4 is 5.32 Å². The minimum absolute atomic E-state index is 0.122. The van der Waals surface area contributed by atoms with Gasteiger partial charge in [0.25, 0.3) is 5.69 Å². The summed E-state index contributed by atoms with van der Waals surface area (Å²) in [5.41, 5.74) is 1.35. The topological polar surface area (TPSA) is 55.2 Å². The second-order valence-electron chi connectivity index (χ2n) is 5.56. The Balaban J connectivity index is 2.55. The van der Waals surface area contributed by atoms with Crippen molar-refractivity contribution < 1.29 is 4.92 Å². The fourth-order valence-electron chi connectivity index (χ4n) is 1.54. The lowest BCUT2D eigenvalue weighted by Crippen LogP contribution is -2.20. The van der Waals surface area contributed by atoms with Crippen LogP contribution in [0.2, 0.25) is 0 Å². The molecule has 0 spiro atoms. The standard InChI is InChI=1S/C13H19BrN2O2/c1-13(2,3)4-5-15-9-10-6-11(14)8-12(7-10)16(17)18/h6-8,15H,4-5,9H2,1-3H3. The summed E-state index contributed by atoms with van der Waals surface area (Å²) in [6.45, 7) is 8.13. The molecule has 0 heterocycles. The van der Waals surface area contributed by atoms with Crippen LogP contribution in [0.15, 0.2) is 22.7 Å². The lowest BCUT2D eigenvalue weighted by Gasteiger charge is -2.18. The number of benzene rings is 1. The van der Waals surface area contributed by atoms with E-state index in [0.717, 1.165) is 23.0 Å². The maximum Gasteiger partial charge on any atom is 0.270 e. The molecular weight excluding hydrogens is 296 g/mol. The van der Waals surface area contributed by atoms with Gasteiger partial charge in [-0.15, -0.1) is 0 Å². The van der Waals surface area contributed by atoms with Crippen LogP contribution in [0.3, 0.4) is 0 Å². The van der Waals surface area contributed by atoms with Crippen LogP contribution in [0.5, 0.6) is 0 Å². The van der Waals surface area contributed by atoms with Gasteiger partial charge >= 0.3 is 0 Å². The zero-order chi connectivity index (χ0) is 13.8. The van der Waals surface area contributed by atoms with Crippen LogP contribution in [-0.4, -0.2) is 11.5 Å². The first kappa shape index (κ1) is 15.1. The molecule has 0 radical (unpaired) electrons. The summed E-state index contributed by atoms with van der Waals surface area (Å²) < 4.78 is 0.740. The molecule has 0 fully saturated rings. The van der Waals surface area contributed by atoms with E-state index in [1.807, 2.05) is 6.07 Å². The number of non-ortho nitro benzene ring substituents is 1. The number of nitro benzene ring substituents is 1. The Morgan fingerprint density at radius 1 is 1.33 bits per heavy atom. The molecule has 0 aromatic heterocycles. The zero-order valence-electron chi connectivity index (χ0n) is 11.0. The molecule has 4 nitrogen and oxygen atoms in total. The summed E-state index contributed by atoms with van der Waals surface area (Å²) >= 11 is 3.29. The third-order valence-corrected chi connectivity index (χ3v) is 2.99. The summed E-state index contributed by atoms with van der Waals surface area (Å²) in [6.07, 6.45) is 1.07. The van der Waals surface area contributed by atoms with Gasteiger partial charge in [-0.1, -0.05) is 36.7 Å². The van der Waals surface area contributed by atoms with Crippen LogP contribution in [0.1, 0.15) is 32.8 Å². The fraction of sp³-hybridized carbons (Fsp3) is 0.538. The molecule has 0 amide bonds. The van der Waals surface area contributed by atoms with Crippen molar-refractivity contribution in [2.45, 2.75) is 33.7 Å². The largest absolute Gasteiger partial charge is 0.313 e. The molecular formula is C13H19BrN2O2. The summed E-state index contributed by atoms with van der Waals surface area (Å²) in [4.78, 5) is 10.4. The van der Waals surface area contributed by atoms with Crippen LogP contribution >= 0.6 is 15.9 Å². The molecule has 0 aliphatic carbocycles. The quantitative estimate of drug-likeness (QED) is 0.509. The fourth-order valence-corrected chi connectivity index (χ4v) is 2.07. The smallest absolute Gasteiger partial charge is 0.270 e. The van der Waals surface area contributed by atoms with E-state index in [1.54, 1.807) is 6.07 Å². The number of nitro groups is 1. The molecule has 1 rings (SSSR count). The van der Waals surface area contributed by atoms with Gasteiger partial charge in [0.2, 0.25) is 0 Å². The van der Waals surface area contributed by atoms with Crippen molar-refractivity contribution in [2.24, 2.45) is 5.41 Å². The van der Waals surface area contributed by atoms with E-state index < -0.39 is 0 Å². The zero-order valence-corrected chi connectivity index (χ0v) is 12.6. The molecule has 0 aliphatic heterocycles. The number of rotatable bonds is 5. The average Bonchev–Trinajstić information content (AvgIpc) is 2.22. The highest BCUT2D eigenvalue weighted by atomic mass is 79.9. The number of nitrogens with one attached hydrogen (secondary N) is 1. The predicted octanol–water partition coefficient (Wildman–Crippen LogP) is 3.88. The number of hydrogen-bond acceptors (Lipinski definition) is 3. The maximum atomic E-state index is 10.7. The van der Waals surface area contributed by atoms with Gasteiger partial charge in [-0.05, 0) is 30.0 Å². The third-order valence-electron chi connectivity index (χ3n) is 2.53. The van der Waals surface area contributed by atoms with Gasteiger partial charge in [0.1, 0.15) is 0 Å². The molecule has 0 unspecified atom stereocenters. The Bertz CT molecular complexity index is 427. The second kappa shape index (κ2) is 6.29. The Labute approximate surface area is 116 Å². The summed E-state index contributed by atoms with van der Waals surface area (Å²) in [5, 5.41) is 14.0. The second-order valence-corrected chi connectivity index (χ2v) is 6.48. The van der Waals surface area contributed by atoms with Gasteiger partial charge in [0.05, 0.1) is 4.92 Å². The maximum absolute atomic E-state index is 10.7. The van der Waals surface area contributed by atoms with Gasteiger partial charge in [-0.3, -0.25) is 10.1 Å². The molecule has 0 bridgehead atoms. The van der Waals surface area contributed by atoms with Crippen molar-refractivity contribution in [3.63, 3.8) is 0 Å². The first-order valence-electron chi connectivity index (χ1n) is 5.92. The van der Waals surface area contributed by atoms with Crippen molar-refractivity contribution in [2.75, 3.05) is 6.54 Å². The highest BCUT2D eigenvalue weighted by molar-refractivity contribution is 9.10. The van der Waals surface area contributed by atoms with Crippen molar-refractivity contribution >= 4 is 21.6 Å². The van der Waals surface area contributed by atoms with Crippen LogP contribution in [0, 0.1) is 15.5 Å². The molecule has 1 aromatic rings. The van der Waals surface area contributed by atoms with E-state index in [-0.39, 0.29) is 10.6 Å². The van der Waals surface area contributed by atoms with Crippen molar-refractivity contribution in [1.82, 2.24) is 5.32 Å². The third kappa shape index (κ3) is 5.60. The van der Waals surface area contributed by atoms with E-state index >= 15 is 0 Å². The monoisotopic (exact) mass is 314 g/mol. The van der Waals surface area contributed by atoms with E-state index in [0.29, 0.717) is 12.0 Å². The van der Waals surface area contributed by atoms with Crippen LogP contribution in [-0.2, 0) is 6.54 Å². The minimum Gasteiger partial charge on any atom is -0.313 e. The van der Waals surface area contributed by atoms with E-state index in [2.05, 4.69) is 42.0 Å². The van der Waals surface area contributed by atoms with Crippen molar-refractivity contribution in [3.8, 4) is 0 Å². The summed E-state index contributed by atoms with van der Waals surface area (Å²) in [5.74, 6) is 0. The summed E-state index contributed by atoms with van der Waals surface area (Å²) in [6, 6.07) is 5.02. The molecule has 1 N–H and O–H groups in total.